The minimum Gasteiger partial charge on any atom is -0.321 e. The van der Waals surface area contributed by atoms with Crippen LogP contribution in [-0.2, 0) is 6.18 Å². The van der Waals surface area contributed by atoms with Crippen molar-refractivity contribution in [2.75, 3.05) is 5.32 Å². The van der Waals surface area contributed by atoms with Crippen molar-refractivity contribution in [3.05, 3.63) is 75.5 Å². The van der Waals surface area contributed by atoms with Crippen LogP contribution in [0.5, 0.6) is 0 Å². The van der Waals surface area contributed by atoms with Gasteiger partial charge in [-0.05, 0) is 44.2 Å². The van der Waals surface area contributed by atoms with Crippen LogP contribution in [0, 0.1) is 13.8 Å². The molecule has 0 aliphatic carbocycles. The molecule has 4 nitrogen and oxygen atoms in total. The van der Waals surface area contributed by atoms with E-state index in [9.17, 15) is 18.0 Å². The zero-order chi connectivity index (χ0) is 19.8. The lowest BCUT2D eigenvalue weighted by atomic mass is 10.1. The van der Waals surface area contributed by atoms with Crippen molar-refractivity contribution < 1.29 is 18.0 Å². The van der Waals surface area contributed by atoms with E-state index in [1.54, 1.807) is 18.5 Å². The van der Waals surface area contributed by atoms with Crippen molar-refractivity contribution in [2.45, 2.75) is 20.0 Å². The number of amides is 1. The fraction of sp³-hybridized carbons (Fsp3) is 0.158. The lowest BCUT2D eigenvalue weighted by Crippen LogP contribution is -2.18. The molecule has 2 aromatic carbocycles. The van der Waals surface area contributed by atoms with Gasteiger partial charge in [-0.15, -0.1) is 0 Å². The number of nitrogens with zero attached hydrogens (tertiary/aromatic N) is 2. The SMILES string of the molecule is Cc1nn(-c2ccccc2)c(C)c1C(=O)Nc1ccc(Br)cc1C(F)(F)F. The Bertz CT molecular complexity index is 997. The molecule has 0 atom stereocenters. The fourth-order valence-electron chi connectivity index (χ4n) is 2.84. The smallest absolute Gasteiger partial charge is 0.321 e. The first kappa shape index (κ1) is 19.2. The first-order chi connectivity index (χ1) is 12.7. The molecule has 8 heteroatoms. The molecule has 0 saturated carbocycles. The predicted molar refractivity (Wildman–Crippen MR) is 100 cm³/mol. The predicted octanol–water partition coefficient (Wildman–Crippen LogP) is 5.52. The summed E-state index contributed by atoms with van der Waals surface area (Å²) in [5, 5.41) is 6.73. The van der Waals surface area contributed by atoms with Gasteiger partial charge in [-0.2, -0.15) is 18.3 Å². The van der Waals surface area contributed by atoms with Crippen molar-refractivity contribution in [3.8, 4) is 5.69 Å². The Hall–Kier alpha value is -2.61. The summed E-state index contributed by atoms with van der Waals surface area (Å²) in [6.07, 6.45) is -4.59. The van der Waals surface area contributed by atoms with E-state index in [2.05, 4.69) is 26.3 Å². The number of nitrogens with one attached hydrogen (secondary N) is 1. The summed E-state index contributed by atoms with van der Waals surface area (Å²) in [5.74, 6) is -0.639. The summed E-state index contributed by atoms with van der Waals surface area (Å²) in [5.41, 5.74) is 0.756. The largest absolute Gasteiger partial charge is 0.418 e. The minimum atomic E-state index is -4.59. The second kappa shape index (κ2) is 7.19. The zero-order valence-electron chi connectivity index (χ0n) is 14.4. The summed E-state index contributed by atoms with van der Waals surface area (Å²) in [6, 6.07) is 12.8. The van der Waals surface area contributed by atoms with E-state index >= 15 is 0 Å². The van der Waals surface area contributed by atoms with Crippen LogP contribution in [0.2, 0.25) is 0 Å². The molecule has 0 spiro atoms. The van der Waals surface area contributed by atoms with E-state index in [4.69, 9.17) is 0 Å². The Kier molecular flexibility index (Phi) is 5.10. The number of aryl methyl sites for hydroxylation is 1. The van der Waals surface area contributed by atoms with Crippen LogP contribution < -0.4 is 5.32 Å². The Labute approximate surface area is 162 Å². The molecule has 1 aromatic heterocycles. The maximum atomic E-state index is 13.3. The van der Waals surface area contributed by atoms with Gasteiger partial charge in [-0.3, -0.25) is 4.79 Å². The highest BCUT2D eigenvalue weighted by Gasteiger charge is 2.34. The normalized spacial score (nSPS) is 11.5. The lowest BCUT2D eigenvalue weighted by molar-refractivity contribution is -0.136. The molecule has 0 aliphatic rings. The highest BCUT2D eigenvalue weighted by Crippen LogP contribution is 2.37. The third kappa shape index (κ3) is 3.90. The highest BCUT2D eigenvalue weighted by atomic mass is 79.9. The van der Waals surface area contributed by atoms with Crippen molar-refractivity contribution in [1.82, 2.24) is 9.78 Å². The molecular weight excluding hydrogens is 423 g/mol. The average Bonchev–Trinajstić information content (AvgIpc) is 2.91. The number of rotatable bonds is 3. The van der Waals surface area contributed by atoms with Crippen LogP contribution in [0.4, 0.5) is 18.9 Å². The van der Waals surface area contributed by atoms with Gasteiger partial charge >= 0.3 is 6.18 Å². The molecule has 0 unspecified atom stereocenters. The molecule has 27 heavy (non-hydrogen) atoms. The van der Waals surface area contributed by atoms with E-state index in [-0.39, 0.29) is 15.7 Å². The number of aromatic nitrogens is 2. The van der Waals surface area contributed by atoms with Gasteiger partial charge in [0.15, 0.2) is 0 Å². The topological polar surface area (TPSA) is 46.9 Å². The lowest BCUT2D eigenvalue weighted by Gasteiger charge is -2.14. The second-order valence-corrected chi connectivity index (χ2v) is 6.85. The molecule has 0 saturated heterocycles. The van der Waals surface area contributed by atoms with E-state index in [1.807, 2.05) is 30.3 Å². The van der Waals surface area contributed by atoms with Gasteiger partial charge in [-0.1, -0.05) is 34.1 Å². The first-order valence-electron chi connectivity index (χ1n) is 7.98. The summed E-state index contributed by atoms with van der Waals surface area (Å²) in [7, 11) is 0. The quantitative estimate of drug-likeness (QED) is 0.585. The molecule has 0 aliphatic heterocycles. The monoisotopic (exact) mass is 437 g/mol. The Morgan fingerprint density at radius 1 is 1.11 bits per heavy atom. The van der Waals surface area contributed by atoms with Crippen LogP contribution in [0.15, 0.2) is 53.0 Å². The van der Waals surface area contributed by atoms with Gasteiger partial charge in [0.05, 0.1) is 33.9 Å². The first-order valence-corrected chi connectivity index (χ1v) is 8.77. The number of hydrogen-bond donors (Lipinski definition) is 1. The van der Waals surface area contributed by atoms with Crippen molar-refractivity contribution in [1.29, 1.82) is 0 Å². The third-order valence-corrected chi connectivity index (χ3v) is 4.55. The maximum Gasteiger partial charge on any atom is 0.418 e. The Morgan fingerprint density at radius 2 is 1.78 bits per heavy atom. The van der Waals surface area contributed by atoms with Crippen LogP contribution in [0.1, 0.15) is 27.3 Å². The van der Waals surface area contributed by atoms with Crippen LogP contribution in [0.25, 0.3) is 5.69 Å². The standard InChI is InChI=1S/C19H15BrF3N3O/c1-11-17(12(2)26(25-11)14-6-4-3-5-7-14)18(27)24-16-9-8-13(20)10-15(16)19(21,22)23/h3-10H,1-2H3,(H,24,27). The molecule has 1 N–H and O–H groups in total. The molecule has 3 aromatic rings. The minimum absolute atomic E-state index is 0.245. The van der Waals surface area contributed by atoms with Gasteiger partial charge in [0.25, 0.3) is 5.91 Å². The van der Waals surface area contributed by atoms with Crippen LogP contribution >= 0.6 is 15.9 Å². The van der Waals surface area contributed by atoms with E-state index < -0.39 is 17.6 Å². The number of benzene rings is 2. The summed E-state index contributed by atoms with van der Waals surface area (Å²) in [6.45, 7) is 3.35. The number of carbonyl (C=O) groups is 1. The van der Waals surface area contributed by atoms with E-state index in [1.165, 1.54) is 12.1 Å². The Balaban J connectivity index is 1.98. The van der Waals surface area contributed by atoms with Gasteiger partial charge in [0.2, 0.25) is 0 Å². The number of anilines is 1. The maximum absolute atomic E-state index is 13.3. The van der Waals surface area contributed by atoms with Gasteiger partial charge in [0, 0.05) is 4.47 Å². The number of para-hydroxylation sites is 1. The zero-order valence-corrected chi connectivity index (χ0v) is 16.0. The summed E-state index contributed by atoms with van der Waals surface area (Å²) >= 11 is 3.03. The van der Waals surface area contributed by atoms with Crippen molar-refractivity contribution in [3.63, 3.8) is 0 Å². The molecule has 3 rings (SSSR count). The van der Waals surface area contributed by atoms with Gasteiger partial charge < -0.3 is 5.32 Å². The summed E-state index contributed by atoms with van der Waals surface area (Å²) in [4.78, 5) is 12.7. The van der Waals surface area contributed by atoms with Crippen molar-refractivity contribution >= 4 is 27.5 Å². The fourth-order valence-corrected chi connectivity index (χ4v) is 3.20. The Morgan fingerprint density at radius 3 is 2.41 bits per heavy atom. The number of hydrogen-bond acceptors (Lipinski definition) is 2. The molecule has 1 amide bonds. The van der Waals surface area contributed by atoms with Gasteiger partial charge in [0.1, 0.15) is 0 Å². The van der Waals surface area contributed by atoms with Crippen LogP contribution in [-0.4, -0.2) is 15.7 Å². The molecule has 0 bridgehead atoms. The number of halogens is 4. The molecule has 140 valence electrons. The van der Waals surface area contributed by atoms with E-state index in [0.717, 1.165) is 11.8 Å². The number of carbonyl (C=O) groups excluding carboxylic acids is 1. The molecular formula is C19H15BrF3N3O. The van der Waals surface area contributed by atoms with Crippen molar-refractivity contribution in [2.24, 2.45) is 0 Å². The second-order valence-electron chi connectivity index (χ2n) is 5.93. The third-order valence-electron chi connectivity index (χ3n) is 4.05. The van der Waals surface area contributed by atoms with Crippen LogP contribution in [0.3, 0.4) is 0 Å². The van der Waals surface area contributed by atoms with Gasteiger partial charge in [-0.25, -0.2) is 4.68 Å². The molecule has 1 heterocycles. The molecule has 0 radical (unpaired) electrons. The number of alkyl halides is 3. The average molecular weight is 438 g/mol. The summed E-state index contributed by atoms with van der Waals surface area (Å²) < 4.78 is 41.7. The molecule has 0 fully saturated rings. The highest BCUT2D eigenvalue weighted by molar-refractivity contribution is 9.10. The van der Waals surface area contributed by atoms with E-state index in [0.29, 0.717) is 11.4 Å².